The van der Waals surface area contributed by atoms with Gasteiger partial charge in [0, 0.05) is 13.0 Å². The van der Waals surface area contributed by atoms with Gasteiger partial charge in [-0.1, -0.05) is 24.3 Å². The zero-order valence-corrected chi connectivity index (χ0v) is 11.7. The second-order valence-electron chi connectivity index (χ2n) is 5.76. The van der Waals surface area contributed by atoms with E-state index in [4.69, 9.17) is 0 Å². The van der Waals surface area contributed by atoms with Gasteiger partial charge in [0.1, 0.15) is 0 Å². The highest BCUT2D eigenvalue weighted by molar-refractivity contribution is 5.83. The average molecular weight is 282 g/mol. The second-order valence-corrected chi connectivity index (χ2v) is 5.76. The van der Waals surface area contributed by atoms with Gasteiger partial charge >= 0.3 is 0 Å². The van der Waals surface area contributed by atoms with Crippen LogP contribution in [0.3, 0.4) is 0 Å². The van der Waals surface area contributed by atoms with Crippen molar-refractivity contribution in [1.82, 2.24) is 20.6 Å². The molecule has 2 atom stereocenters. The number of imidazole rings is 1. The van der Waals surface area contributed by atoms with Crippen LogP contribution in [0.25, 0.3) is 0 Å². The third-order valence-corrected chi connectivity index (χ3v) is 4.50. The van der Waals surface area contributed by atoms with Crippen molar-refractivity contribution in [1.29, 1.82) is 0 Å². The highest BCUT2D eigenvalue weighted by Gasteiger charge is 2.29. The second kappa shape index (κ2) is 5.00. The first kappa shape index (κ1) is 12.6. The number of aryl methyl sites for hydroxylation is 1. The van der Waals surface area contributed by atoms with Crippen molar-refractivity contribution in [2.75, 3.05) is 0 Å². The predicted octanol–water partition coefficient (Wildman–Crippen LogP) is 1.23. The Morgan fingerprint density at radius 2 is 2.24 bits per heavy atom. The van der Waals surface area contributed by atoms with E-state index >= 15 is 0 Å². The third kappa shape index (κ3) is 2.23. The normalized spacial score (nSPS) is 23.4. The van der Waals surface area contributed by atoms with Crippen molar-refractivity contribution in [3.05, 3.63) is 53.1 Å². The molecule has 1 amide bonds. The lowest BCUT2D eigenvalue weighted by atomic mass is 10.0. The molecule has 3 N–H and O–H groups in total. The number of aromatic amines is 1. The minimum atomic E-state index is -0.187. The molecular weight excluding hydrogens is 264 g/mol. The van der Waals surface area contributed by atoms with Crippen LogP contribution in [-0.2, 0) is 24.2 Å². The number of nitrogens with zero attached hydrogens (tertiary/aromatic N) is 1. The summed E-state index contributed by atoms with van der Waals surface area (Å²) in [5, 5.41) is 6.46. The fourth-order valence-corrected chi connectivity index (χ4v) is 3.33. The van der Waals surface area contributed by atoms with E-state index in [9.17, 15) is 4.79 Å². The molecule has 0 saturated heterocycles. The third-order valence-electron chi connectivity index (χ3n) is 4.50. The van der Waals surface area contributed by atoms with E-state index in [-0.39, 0.29) is 18.0 Å². The van der Waals surface area contributed by atoms with Crippen LogP contribution in [0.15, 0.2) is 30.6 Å². The van der Waals surface area contributed by atoms with Gasteiger partial charge < -0.3 is 10.3 Å². The van der Waals surface area contributed by atoms with Gasteiger partial charge in [0.25, 0.3) is 0 Å². The molecule has 1 aromatic carbocycles. The Kier molecular flexibility index (Phi) is 3.00. The number of hydrogen-bond donors (Lipinski definition) is 3. The van der Waals surface area contributed by atoms with E-state index in [0.29, 0.717) is 13.0 Å². The standard InChI is InChI=1S/C16H18N4O/c21-16(14-7-13-15(8-17-14)19-9-18-13)20-12-6-5-10-3-1-2-4-11(10)12/h1-4,9,12,14,17H,5-8H2,(H,18,19)(H,20,21). The minimum Gasteiger partial charge on any atom is -0.348 e. The Morgan fingerprint density at radius 3 is 3.19 bits per heavy atom. The fraction of sp³-hybridized carbons (Fsp3) is 0.375. The first-order chi connectivity index (χ1) is 10.3. The minimum absolute atomic E-state index is 0.0744. The molecule has 2 aliphatic rings. The van der Waals surface area contributed by atoms with Crippen molar-refractivity contribution in [3.8, 4) is 0 Å². The summed E-state index contributed by atoms with van der Waals surface area (Å²) in [6.07, 6.45) is 4.38. The average Bonchev–Trinajstić information content (AvgIpc) is 3.13. The first-order valence-corrected chi connectivity index (χ1v) is 7.44. The van der Waals surface area contributed by atoms with Crippen molar-refractivity contribution < 1.29 is 4.79 Å². The highest BCUT2D eigenvalue weighted by atomic mass is 16.2. The number of benzene rings is 1. The lowest BCUT2D eigenvalue weighted by Gasteiger charge is -2.24. The molecule has 5 heteroatoms. The number of nitrogens with one attached hydrogen (secondary N) is 3. The van der Waals surface area contributed by atoms with Crippen LogP contribution >= 0.6 is 0 Å². The summed E-state index contributed by atoms with van der Waals surface area (Å²) in [6, 6.07) is 8.33. The number of aromatic nitrogens is 2. The van der Waals surface area contributed by atoms with Crippen molar-refractivity contribution in [3.63, 3.8) is 0 Å². The zero-order chi connectivity index (χ0) is 14.2. The molecule has 1 aromatic heterocycles. The summed E-state index contributed by atoms with van der Waals surface area (Å²) in [5.74, 6) is 0.0744. The highest BCUT2D eigenvalue weighted by Crippen LogP contribution is 2.30. The number of amides is 1. The molecule has 21 heavy (non-hydrogen) atoms. The molecule has 0 spiro atoms. The molecule has 2 unspecified atom stereocenters. The van der Waals surface area contributed by atoms with Crippen molar-refractivity contribution >= 4 is 5.91 Å². The molecule has 0 saturated carbocycles. The Morgan fingerprint density at radius 1 is 1.33 bits per heavy atom. The van der Waals surface area contributed by atoms with Gasteiger partial charge in [0.05, 0.1) is 29.8 Å². The molecule has 0 bridgehead atoms. The smallest absolute Gasteiger partial charge is 0.238 e. The van der Waals surface area contributed by atoms with Gasteiger partial charge in [-0.15, -0.1) is 0 Å². The SMILES string of the molecule is O=C(NC1CCc2ccccc21)C1Cc2nc[nH]c2CN1. The quantitative estimate of drug-likeness (QED) is 0.776. The van der Waals surface area contributed by atoms with Crippen molar-refractivity contribution in [2.45, 2.75) is 37.9 Å². The number of H-pyrrole nitrogens is 1. The van der Waals surface area contributed by atoms with Crippen LogP contribution < -0.4 is 10.6 Å². The Labute approximate surface area is 123 Å². The van der Waals surface area contributed by atoms with Gasteiger partial charge in [-0.25, -0.2) is 4.98 Å². The van der Waals surface area contributed by atoms with E-state index in [2.05, 4.69) is 38.8 Å². The maximum Gasteiger partial charge on any atom is 0.238 e. The molecule has 1 aliphatic carbocycles. The van der Waals surface area contributed by atoms with Gasteiger partial charge in [-0.2, -0.15) is 0 Å². The topological polar surface area (TPSA) is 69.8 Å². The van der Waals surface area contributed by atoms with Crippen LogP contribution in [0.2, 0.25) is 0 Å². The number of fused-ring (bicyclic) bond motifs is 2. The van der Waals surface area contributed by atoms with E-state index in [1.807, 2.05) is 6.07 Å². The van der Waals surface area contributed by atoms with E-state index in [1.165, 1.54) is 11.1 Å². The van der Waals surface area contributed by atoms with Crippen molar-refractivity contribution in [2.24, 2.45) is 0 Å². The lowest BCUT2D eigenvalue weighted by Crippen LogP contribution is -2.48. The molecule has 2 heterocycles. The summed E-state index contributed by atoms with van der Waals surface area (Å²) in [6.45, 7) is 0.675. The molecule has 108 valence electrons. The van der Waals surface area contributed by atoms with Gasteiger partial charge in [-0.3, -0.25) is 10.1 Å². The first-order valence-electron chi connectivity index (χ1n) is 7.44. The fourth-order valence-electron chi connectivity index (χ4n) is 3.33. The van der Waals surface area contributed by atoms with E-state index in [1.54, 1.807) is 6.33 Å². The van der Waals surface area contributed by atoms with E-state index < -0.39 is 0 Å². The summed E-state index contributed by atoms with van der Waals surface area (Å²) in [7, 11) is 0. The van der Waals surface area contributed by atoms with Gasteiger partial charge in [0.2, 0.25) is 5.91 Å². The Balaban J connectivity index is 1.46. The zero-order valence-electron chi connectivity index (χ0n) is 11.7. The Bertz CT molecular complexity index is 678. The maximum atomic E-state index is 12.5. The molecule has 5 nitrogen and oxygen atoms in total. The van der Waals surface area contributed by atoms with Crippen LogP contribution in [0, 0.1) is 0 Å². The van der Waals surface area contributed by atoms with Crippen LogP contribution in [0.5, 0.6) is 0 Å². The number of rotatable bonds is 2. The summed E-state index contributed by atoms with van der Waals surface area (Å²) < 4.78 is 0. The molecule has 1 aliphatic heterocycles. The Hall–Kier alpha value is -2.14. The van der Waals surface area contributed by atoms with Gasteiger partial charge in [-0.05, 0) is 24.0 Å². The molecule has 4 rings (SSSR count). The summed E-state index contributed by atoms with van der Waals surface area (Å²) in [5.41, 5.74) is 4.71. The van der Waals surface area contributed by atoms with Crippen LogP contribution in [0.1, 0.15) is 35.0 Å². The largest absolute Gasteiger partial charge is 0.348 e. The number of carbonyl (C=O) groups is 1. The number of carbonyl (C=O) groups excluding carboxylic acids is 1. The maximum absolute atomic E-state index is 12.5. The molecule has 0 radical (unpaired) electrons. The van der Waals surface area contributed by atoms with E-state index in [0.717, 1.165) is 24.2 Å². The summed E-state index contributed by atoms with van der Waals surface area (Å²) >= 11 is 0. The summed E-state index contributed by atoms with van der Waals surface area (Å²) in [4.78, 5) is 19.9. The van der Waals surface area contributed by atoms with Crippen LogP contribution in [0.4, 0.5) is 0 Å². The van der Waals surface area contributed by atoms with Crippen LogP contribution in [-0.4, -0.2) is 21.9 Å². The number of hydrogen-bond acceptors (Lipinski definition) is 3. The molecular formula is C16H18N4O. The molecule has 0 fully saturated rings. The lowest BCUT2D eigenvalue weighted by molar-refractivity contribution is -0.124. The van der Waals surface area contributed by atoms with Gasteiger partial charge in [0.15, 0.2) is 0 Å². The predicted molar refractivity (Wildman–Crippen MR) is 78.6 cm³/mol. The molecule has 2 aromatic rings. The monoisotopic (exact) mass is 282 g/mol.